The quantitative estimate of drug-likeness (QED) is 0.598. The Balaban J connectivity index is 1.57. The molecule has 32 heavy (non-hydrogen) atoms. The van der Waals surface area contributed by atoms with E-state index >= 15 is 0 Å². The van der Waals surface area contributed by atoms with Crippen molar-refractivity contribution < 1.29 is 17.9 Å². The molecular formula is C25H26N2O4S. The van der Waals surface area contributed by atoms with Crippen molar-refractivity contribution in [2.24, 2.45) is 0 Å². The molecule has 0 saturated heterocycles. The topological polar surface area (TPSA) is 75.7 Å². The fraction of sp³-hybridized carbons (Fsp3) is 0.240. The molecule has 0 saturated carbocycles. The van der Waals surface area contributed by atoms with Crippen LogP contribution in [0, 0.1) is 0 Å². The molecule has 1 aliphatic heterocycles. The van der Waals surface area contributed by atoms with Gasteiger partial charge in [-0.15, -0.1) is 0 Å². The first-order valence-corrected chi connectivity index (χ1v) is 12.2. The largest absolute Gasteiger partial charge is 0.476 e. The zero-order valence-electron chi connectivity index (χ0n) is 18.1. The van der Waals surface area contributed by atoms with Crippen LogP contribution in [0.5, 0.6) is 5.75 Å². The third-order valence-corrected chi connectivity index (χ3v) is 7.12. The third kappa shape index (κ3) is 4.78. The van der Waals surface area contributed by atoms with Crippen molar-refractivity contribution in [3.05, 3.63) is 90.0 Å². The first-order valence-electron chi connectivity index (χ1n) is 10.5. The Morgan fingerprint density at radius 2 is 1.66 bits per heavy atom. The summed E-state index contributed by atoms with van der Waals surface area (Å²) in [6.07, 6.45) is -0.972. The van der Waals surface area contributed by atoms with Gasteiger partial charge in [0.25, 0.3) is 5.91 Å². The second-order valence-corrected chi connectivity index (χ2v) is 10.0. The van der Waals surface area contributed by atoms with E-state index in [-0.39, 0.29) is 12.3 Å². The second kappa shape index (κ2) is 9.04. The van der Waals surface area contributed by atoms with Crippen LogP contribution in [0.25, 0.3) is 0 Å². The Morgan fingerprint density at radius 3 is 2.34 bits per heavy atom. The van der Waals surface area contributed by atoms with Gasteiger partial charge in [-0.1, -0.05) is 68.4 Å². The molecule has 0 radical (unpaired) electrons. The Kier molecular flexibility index (Phi) is 6.19. The second-order valence-electron chi connectivity index (χ2n) is 8.11. The highest BCUT2D eigenvalue weighted by Crippen LogP contribution is 2.36. The van der Waals surface area contributed by atoms with Gasteiger partial charge >= 0.3 is 0 Å². The number of fused-ring (bicyclic) bond motifs is 1. The Morgan fingerprint density at radius 1 is 1.00 bits per heavy atom. The van der Waals surface area contributed by atoms with Crippen LogP contribution in [0.2, 0.25) is 0 Å². The van der Waals surface area contributed by atoms with Crippen molar-refractivity contribution in [1.29, 1.82) is 0 Å². The average molecular weight is 451 g/mol. The molecule has 0 bridgehead atoms. The molecular weight excluding hydrogens is 424 g/mol. The fourth-order valence-electron chi connectivity index (χ4n) is 3.64. The molecule has 1 amide bonds. The highest BCUT2D eigenvalue weighted by Gasteiger charge is 2.36. The van der Waals surface area contributed by atoms with E-state index in [1.54, 1.807) is 48.5 Å². The maximum Gasteiger partial charge on any atom is 0.267 e. The predicted molar refractivity (Wildman–Crippen MR) is 126 cm³/mol. The summed E-state index contributed by atoms with van der Waals surface area (Å²) in [5.41, 5.74) is 2.93. The van der Waals surface area contributed by atoms with Gasteiger partial charge in [-0.3, -0.25) is 9.10 Å². The molecule has 4 rings (SSSR count). The van der Waals surface area contributed by atoms with Crippen LogP contribution in [0.15, 0.2) is 78.9 Å². The molecule has 1 aliphatic rings. The number of sulfonamides is 1. The summed E-state index contributed by atoms with van der Waals surface area (Å²) in [5, 5.41) is 2.84. The molecule has 3 aromatic rings. The number of carbonyl (C=O) groups excluding carboxylic acids is 1. The van der Waals surface area contributed by atoms with E-state index in [4.69, 9.17) is 4.74 Å². The molecule has 6 nitrogen and oxygen atoms in total. The lowest BCUT2D eigenvalue weighted by molar-refractivity contribution is -0.122. The maximum atomic E-state index is 13.3. The van der Waals surface area contributed by atoms with Gasteiger partial charge in [0, 0.05) is 5.69 Å². The third-order valence-electron chi connectivity index (χ3n) is 5.40. The number of anilines is 2. The van der Waals surface area contributed by atoms with Gasteiger partial charge in [-0.2, -0.15) is 0 Å². The first-order chi connectivity index (χ1) is 15.3. The Bertz CT molecular complexity index is 1190. The summed E-state index contributed by atoms with van der Waals surface area (Å²) in [7, 11) is -3.73. The van der Waals surface area contributed by atoms with E-state index < -0.39 is 22.0 Å². The predicted octanol–water partition coefficient (Wildman–Crippen LogP) is 4.55. The minimum absolute atomic E-state index is 0.0951. The van der Waals surface area contributed by atoms with Gasteiger partial charge in [0.15, 0.2) is 6.10 Å². The number of para-hydroxylation sites is 2. The minimum atomic E-state index is -3.73. The van der Waals surface area contributed by atoms with Crippen LogP contribution in [0.3, 0.4) is 0 Å². The van der Waals surface area contributed by atoms with E-state index in [0.29, 0.717) is 28.6 Å². The molecule has 1 atom stereocenters. The summed E-state index contributed by atoms with van der Waals surface area (Å²) in [4.78, 5) is 13.0. The van der Waals surface area contributed by atoms with E-state index in [1.807, 2.05) is 30.3 Å². The maximum absolute atomic E-state index is 13.3. The lowest BCUT2D eigenvalue weighted by atomic mass is 10.0. The van der Waals surface area contributed by atoms with Crippen molar-refractivity contribution in [3.63, 3.8) is 0 Å². The number of hydrogen-bond acceptors (Lipinski definition) is 4. The van der Waals surface area contributed by atoms with Gasteiger partial charge in [0.1, 0.15) is 5.75 Å². The molecule has 0 spiro atoms. The molecule has 1 unspecified atom stereocenters. The number of carbonyl (C=O) groups is 1. The van der Waals surface area contributed by atoms with Crippen molar-refractivity contribution >= 4 is 27.3 Å². The van der Waals surface area contributed by atoms with Crippen LogP contribution in [0.1, 0.15) is 30.9 Å². The van der Waals surface area contributed by atoms with Crippen LogP contribution in [0.4, 0.5) is 11.4 Å². The molecule has 1 N–H and O–H groups in total. The van der Waals surface area contributed by atoms with Crippen LogP contribution in [-0.2, 0) is 20.6 Å². The SMILES string of the molecule is CC(C)c1ccc(NC(=O)C2CN(S(=O)(=O)Cc3ccccc3)c3ccccc3O2)cc1. The van der Waals surface area contributed by atoms with E-state index in [0.717, 1.165) is 0 Å². The van der Waals surface area contributed by atoms with Gasteiger partial charge in [0.2, 0.25) is 10.0 Å². The zero-order chi connectivity index (χ0) is 22.7. The number of ether oxygens (including phenoxy) is 1. The summed E-state index contributed by atoms with van der Waals surface area (Å²) >= 11 is 0. The van der Waals surface area contributed by atoms with Gasteiger partial charge in [0.05, 0.1) is 18.0 Å². The molecule has 0 fully saturated rings. The summed E-state index contributed by atoms with van der Waals surface area (Å²) in [6, 6.07) is 23.5. The van der Waals surface area contributed by atoms with Crippen molar-refractivity contribution in [2.45, 2.75) is 31.6 Å². The minimum Gasteiger partial charge on any atom is -0.476 e. The van der Waals surface area contributed by atoms with E-state index in [1.165, 1.54) is 9.87 Å². The molecule has 0 aliphatic carbocycles. The number of amides is 1. The lowest BCUT2D eigenvalue weighted by Gasteiger charge is -2.34. The van der Waals surface area contributed by atoms with Gasteiger partial charge in [-0.25, -0.2) is 8.42 Å². The number of nitrogens with one attached hydrogen (secondary N) is 1. The van der Waals surface area contributed by atoms with Crippen LogP contribution in [-0.4, -0.2) is 27.0 Å². The summed E-state index contributed by atoms with van der Waals surface area (Å²) in [6.45, 7) is 4.11. The van der Waals surface area contributed by atoms with E-state index in [2.05, 4.69) is 19.2 Å². The standard InChI is InChI=1S/C25H26N2O4S/c1-18(2)20-12-14-21(15-13-20)26-25(28)24-16-27(22-10-6-7-11-23(22)31-24)32(29,30)17-19-8-4-3-5-9-19/h3-15,18,24H,16-17H2,1-2H3,(H,26,28). The average Bonchev–Trinajstić information content (AvgIpc) is 2.79. The molecule has 7 heteroatoms. The molecule has 3 aromatic carbocycles. The van der Waals surface area contributed by atoms with Crippen molar-refractivity contribution in [1.82, 2.24) is 0 Å². The van der Waals surface area contributed by atoms with Gasteiger partial charge in [-0.05, 0) is 41.3 Å². The number of hydrogen-bond donors (Lipinski definition) is 1. The normalized spacial score (nSPS) is 15.7. The lowest BCUT2D eigenvalue weighted by Crippen LogP contribution is -2.49. The molecule has 0 aromatic heterocycles. The Hall–Kier alpha value is -3.32. The highest BCUT2D eigenvalue weighted by atomic mass is 32.2. The zero-order valence-corrected chi connectivity index (χ0v) is 18.9. The summed E-state index contributed by atoms with van der Waals surface area (Å²) < 4.78 is 33.7. The summed E-state index contributed by atoms with van der Waals surface area (Å²) in [5.74, 6) is 0.205. The smallest absolute Gasteiger partial charge is 0.267 e. The molecule has 1 heterocycles. The monoisotopic (exact) mass is 450 g/mol. The van der Waals surface area contributed by atoms with Crippen LogP contribution >= 0.6 is 0 Å². The van der Waals surface area contributed by atoms with Crippen LogP contribution < -0.4 is 14.4 Å². The van der Waals surface area contributed by atoms with Crippen molar-refractivity contribution in [3.8, 4) is 5.75 Å². The highest BCUT2D eigenvalue weighted by molar-refractivity contribution is 7.92. The number of benzene rings is 3. The van der Waals surface area contributed by atoms with Crippen molar-refractivity contribution in [2.75, 3.05) is 16.2 Å². The molecule has 166 valence electrons. The van der Waals surface area contributed by atoms with E-state index in [9.17, 15) is 13.2 Å². The van der Waals surface area contributed by atoms with Gasteiger partial charge < -0.3 is 10.1 Å². The Labute approximate surface area is 188 Å². The fourth-order valence-corrected chi connectivity index (χ4v) is 5.22. The first kappa shape index (κ1) is 21.9. The number of nitrogens with zero attached hydrogens (tertiary/aromatic N) is 1. The number of rotatable bonds is 6.